The van der Waals surface area contributed by atoms with Crippen LogP contribution >= 0.6 is 11.6 Å². The van der Waals surface area contributed by atoms with E-state index in [4.69, 9.17) is 11.6 Å². The van der Waals surface area contributed by atoms with Crippen LogP contribution in [0.15, 0.2) is 30.6 Å². The molecule has 0 saturated carbocycles. The van der Waals surface area contributed by atoms with Crippen molar-refractivity contribution in [3.63, 3.8) is 0 Å². The molecule has 1 unspecified atom stereocenters. The van der Waals surface area contributed by atoms with Gasteiger partial charge >= 0.3 is 0 Å². The monoisotopic (exact) mass is 267 g/mol. The number of hydrogen-bond acceptors (Lipinski definition) is 2. The van der Waals surface area contributed by atoms with Crippen molar-refractivity contribution in [3.05, 3.63) is 52.8 Å². The van der Waals surface area contributed by atoms with E-state index in [-0.39, 0.29) is 17.0 Å². The second-order valence-corrected chi connectivity index (χ2v) is 4.21. The van der Waals surface area contributed by atoms with Gasteiger partial charge in [-0.2, -0.15) is 0 Å². The predicted octanol–water partition coefficient (Wildman–Crippen LogP) is 2.69. The van der Waals surface area contributed by atoms with E-state index in [1.807, 2.05) is 0 Å². The maximum atomic E-state index is 13.0. The Morgan fingerprint density at radius 2 is 2.33 bits per heavy atom. The number of amides is 1. The zero-order valence-corrected chi connectivity index (χ0v) is 10.3. The Morgan fingerprint density at radius 1 is 1.56 bits per heavy atom. The van der Waals surface area contributed by atoms with E-state index in [0.717, 1.165) is 6.07 Å². The van der Waals surface area contributed by atoms with Crippen LogP contribution in [-0.2, 0) is 0 Å². The molecular weight excluding hydrogens is 257 g/mol. The highest BCUT2D eigenvalue weighted by Gasteiger charge is 2.14. The molecule has 18 heavy (non-hydrogen) atoms. The molecule has 1 aromatic carbocycles. The first-order chi connectivity index (χ1) is 8.58. The number of rotatable bonds is 3. The molecule has 2 aromatic rings. The lowest BCUT2D eigenvalue weighted by molar-refractivity contribution is 0.0938. The fraction of sp³-hybridized carbons (Fsp3) is 0.167. The van der Waals surface area contributed by atoms with Crippen LogP contribution in [0.5, 0.6) is 0 Å². The average molecular weight is 268 g/mol. The molecule has 1 atom stereocenters. The topological polar surface area (TPSA) is 57.8 Å². The molecule has 0 radical (unpaired) electrons. The highest BCUT2D eigenvalue weighted by molar-refractivity contribution is 6.31. The third kappa shape index (κ3) is 2.68. The molecule has 4 nitrogen and oxygen atoms in total. The van der Waals surface area contributed by atoms with Gasteiger partial charge in [0.1, 0.15) is 11.6 Å². The molecule has 2 N–H and O–H groups in total. The third-order valence-corrected chi connectivity index (χ3v) is 2.75. The number of benzene rings is 1. The van der Waals surface area contributed by atoms with Gasteiger partial charge in [-0.05, 0) is 25.1 Å². The number of nitrogens with zero attached hydrogens (tertiary/aromatic N) is 1. The largest absolute Gasteiger partial charge is 0.347 e. The summed E-state index contributed by atoms with van der Waals surface area (Å²) in [5.41, 5.74) is 0.305. The third-order valence-electron chi connectivity index (χ3n) is 2.46. The van der Waals surface area contributed by atoms with Crippen LogP contribution in [0.25, 0.3) is 0 Å². The lowest BCUT2D eigenvalue weighted by Gasteiger charge is -2.11. The van der Waals surface area contributed by atoms with Crippen LogP contribution in [0, 0.1) is 5.82 Å². The van der Waals surface area contributed by atoms with Crippen molar-refractivity contribution >= 4 is 17.5 Å². The number of halogens is 2. The minimum Gasteiger partial charge on any atom is -0.347 e. The predicted molar refractivity (Wildman–Crippen MR) is 65.9 cm³/mol. The van der Waals surface area contributed by atoms with E-state index in [2.05, 4.69) is 15.3 Å². The summed E-state index contributed by atoms with van der Waals surface area (Å²) in [6.45, 7) is 1.79. The summed E-state index contributed by atoms with van der Waals surface area (Å²) in [5, 5.41) is 2.66. The molecule has 1 aromatic heterocycles. The second-order valence-electron chi connectivity index (χ2n) is 3.80. The van der Waals surface area contributed by atoms with E-state index >= 15 is 0 Å². The van der Waals surface area contributed by atoms with Gasteiger partial charge < -0.3 is 10.3 Å². The lowest BCUT2D eigenvalue weighted by atomic mass is 10.2. The van der Waals surface area contributed by atoms with Crippen molar-refractivity contribution < 1.29 is 9.18 Å². The molecule has 1 amide bonds. The van der Waals surface area contributed by atoms with Crippen molar-refractivity contribution in [1.29, 1.82) is 0 Å². The Bertz CT molecular complexity index is 556. The molecule has 1 heterocycles. The molecule has 0 fully saturated rings. The highest BCUT2D eigenvalue weighted by Crippen LogP contribution is 2.16. The van der Waals surface area contributed by atoms with Crippen molar-refractivity contribution in [2.75, 3.05) is 0 Å². The fourth-order valence-electron chi connectivity index (χ4n) is 1.50. The molecule has 0 bridgehead atoms. The maximum absolute atomic E-state index is 13.0. The number of aromatic nitrogens is 2. The Kier molecular flexibility index (Phi) is 3.62. The summed E-state index contributed by atoms with van der Waals surface area (Å²) in [6, 6.07) is 3.57. The number of nitrogens with one attached hydrogen (secondary N) is 2. The molecule has 0 aliphatic carbocycles. The Hall–Kier alpha value is -1.88. The van der Waals surface area contributed by atoms with Gasteiger partial charge in [0.05, 0.1) is 11.1 Å². The number of carbonyl (C=O) groups excluding carboxylic acids is 1. The number of carbonyl (C=O) groups is 1. The minimum atomic E-state index is -0.549. The summed E-state index contributed by atoms with van der Waals surface area (Å²) in [6.07, 6.45) is 3.28. The summed E-state index contributed by atoms with van der Waals surface area (Å²) in [4.78, 5) is 18.8. The van der Waals surface area contributed by atoms with Crippen LogP contribution in [0.2, 0.25) is 5.02 Å². The fourth-order valence-corrected chi connectivity index (χ4v) is 1.68. The van der Waals surface area contributed by atoms with Crippen LogP contribution in [0.1, 0.15) is 29.1 Å². The summed E-state index contributed by atoms with van der Waals surface area (Å²) >= 11 is 5.62. The van der Waals surface area contributed by atoms with Gasteiger partial charge in [-0.25, -0.2) is 9.37 Å². The van der Waals surface area contributed by atoms with Gasteiger partial charge in [0, 0.05) is 18.0 Å². The van der Waals surface area contributed by atoms with Crippen LogP contribution in [0.3, 0.4) is 0 Å². The van der Waals surface area contributed by atoms with E-state index in [9.17, 15) is 9.18 Å². The van der Waals surface area contributed by atoms with Gasteiger partial charge in [-0.15, -0.1) is 0 Å². The summed E-state index contributed by atoms with van der Waals surface area (Å²) < 4.78 is 13.0. The lowest BCUT2D eigenvalue weighted by Crippen LogP contribution is -2.27. The minimum absolute atomic E-state index is 0.0756. The van der Waals surface area contributed by atoms with E-state index in [0.29, 0.717) is 11.4 Å². The van der Waals surface area contributed by atoms with E-state index in [1.165, 1.54) is 12.1 Å². The average Bonchev–Trinajstić information content (AvgIpc) is 2.86. The SMILES string of the molecule is CC(NC(=O)c1ccc(F)c(Cl)c1)c1ncc[nH]1. The van der Waals surface area contributed by atoms with Crippen LogP contribution < -0.4 is 5.32 Å². The van der Waals surface area contributed by atoms with Crippen molar-refractivity contribution in [2.24, 2.45) is 0 Å². The Labute approximate surface area is 108 Å². The quantitative estimate of drug-likeness (QED) is 0.898. The van der Waals surface area contributed by atoms with Gasteiger partial charge in [0.2, 0.25) is 0 Å². The first kappa shape index (κ1) is 12.6. The molecule has 94 valence electrons. The molecule has 2 rings (SSSR count). The Morgan fingerprint density at radius 3 is 2.94 bits per heavy atom. The van der Waals surface area contributed by atoms with Crippen LogP contribution in [-0.4, -0.2) is 15.9 Å². The molecule has 0 aliphatic rings. The van der Waals surface area contributed by atoms with Gasteiger partial charge in [-0.3, -0.25) is 4.79 Å². The normalized spacial score (nSPS) is 12.2. The molecule has 6 heteroatoms. The molecule has 0 saturated heterocycles. The van der Waals surface area contributed by atoms with Crippen molar-refractivity contribution in [1.82, 2.24) is 15.3 Å². The van der Waals surface area contributed by atoms with Gasteiger partial charge in [-0.1, -0.05) is 11.6 Å². The van der Waals surface area contributed by atoms with Crippen molar-refractivity contribution in [2.45, 2.75) is 13.0 Å². The molecule has 0 aliphatic heterocycles. The van der Waals surface area contributed by atoms with Crippen molar-refractivity contribution in [3.8, 4) is 0 Å². The summed E-state index contributed by atoms with van der Waals surface area (Å²) in [7, 11) is 0. The summed E-state index contributed by atoms with van der Waals surface area (Å²) in [5.74, 6) is -0.232. The molecule has 0 spiro atoms. The standard InChI is InChI=1S/C12H11ClFN3O/c1-7(11-15-4-5-16-11)17-12(18)8-2-3-10(14)9(13)6-8/h2-7H,1H3,(H,15,16)(H,17,18). The maximum Gasteiger partial charge on any atom is 0.251 e. The number of imidazole rings is 1. The zero-order chi connectivity index (χ0) is 13.1. The van der Waals surface area contributed by atoms with Gasteiger partial charge in [0.15, 0.2) is 0 Å². The van der Waals surface area contributed by atoms with Crippen LogP contribution in [0.4, 0.5) is 4.39 Å². The molecular formula is C12H11ClFN3O. The Balaban J connectivity index is 2.10. The highest BCUT2D eigenvalue weighted by atomic mass is 35.5. The van der Waals surface area contributed by atoms with Gasteiger partial charge in [0.25, 0.3) is 5.91 Å². The second kappa shape index (κ2) is 5.18. The number of hydrogen-bond donors (Lipinski definition) is 2. The van der Waals surface area contributed by atoms with E-state index in [1.54, 1.807) is 19.3 Å². The smallest absolute Gasteiger partial charge is 0.251 e. The first-order valence-corrected chi connectivity index (χ1v) is 5.71. The van der Waals surface area contributed by atoms with E-state index < -0.39 is 5.82 Å². The zero-order valence-electron chi connectivity index (χ0n) is 9.58. The number of H-pyrrole nitrogens is 1. The first-order valence-electron chi connectivity index (χ1n) is 5.33. The number of aromatic amines is 1.